The maximum Gasteiger partial charge on any atom is 0.350 e. The first-order valence-corrected chi connectivity index (χ1v) is 11.5. The van der Waals surface area contributed by atoms with E-state index in [9.17, 15) is 13.2 Å². The van der Waals surface area contributed by atoms with Crippen molar-refractivity contribution in [2.75, 3.05) is 31.2 Å². The minimum atomic E-state index is -3.62. The Morgan fingerprint density at radius 1 is 1.07 bits per heavy atom. The van der Waals surface area contributed by atoms with Crippen molar-refractivity contribution in [1.29, 1.82) is 0 Å². The molecule has 0 aliphatic carbocycles. The van der Waals surface area contributed by atoms with Crippen molar-refractivity contribution >= 4 is 27.4 Å². The van der Waals surface area contributed by atoms with E-state index in [-0.39, 0.29) is 18.0 Å². The van der Waals surface area contributed by atoms with Gasteiger partial charge in [-0.05, 0) is 24.3 Å². The normalized spacial score (nSPS) is 15.7. The second kappa shape index (κ2) is 7.98. The van der Waals surface area contributed by atoms with Gasteiger partial charge in [0.05, 0.1) is 11.4 Å². The molecule has 8 nitrogen and oxygen atoms in total. The van der Waals surface area contributed by atoms with Gasteiger partial charge < -0.3 is 4.74 Å². The predicted octanol–water partition coefficient (Wildman–Crippen LogP) is 1.31. The second-order valence-corrected chi connectivity index (χ2v) is 9.44. The van der Waals surface area contributed by atoms with E-state index >= 15 is 0 Å². The van der Waals surface area contributed by atoms with Crippen molar-refractivity contribution in [2.45, 2.75) is 11.4 Å². The van der Waals surface area contributed by atoms with Crippen LogP contribution in [0.25, 0.3) is 5.65 Å². The molecule has 1 aliphatic rings. The summed E-state index contributed by atoms with van der Waals surface area (Å²) in [4.78, 5) is 12.7. The minimum absolute atomic E-state index is 0.106. The summed E-state index contributed by atoms with van der Waals surface area (Å²) < 4.78 is 35.3. The minimum Gasteiger partial charge on any atom is -0.492 e. The molecule has 0 radical (unpaired) electrons. The molecule has 0 amide bonds. The maximum atomic E-state index is 12.8. The monoisotopic (exact) mass is 420 g/mol. The topological polar surface area (TPSA) is 85.9 Å². The van der Waals surface area contributed by atoms with E-state index in [4.69, 9.17) is 4.74 Å². The zero-order valence-electron chi connectivity index (χ0n) is 15.1. The third-order valence-electron chi connectivity index (χ3n) is 4.47. The number of rotatable bonds is 6. The molecule has 3 heterocycles. The lowest BCUT2D eigenvalue weighted by Gasteiger charge is -2.25. The van der Waals surface area contributed by atoms with Gasteiger partial charge in [0.1, 0.15) is 12.4 Å². The summed E-state index contributed by atoms with van der Waals surface area (Å²) in [6, 6.07) is 12.4. The fraction of sp³-hybridized carbons (Fsp3) is 0.333. The smallest absolute Gasteiger partial charge is 0.350 e. The van der Waals surface area contributed by atoms with Crippen LogP contribution in [0.4, 0.5) is 0 Å². The lowest BCUT2D eigenvalue weighted by molar-refractivity contribution is 0.289. The molecule has 0 saturated carbocycles. The lowest BCUT2D eigenvalue weighted by Crippen LogP contribution is -2.38. The van der Waals surface area contributed by atoms with E-state index in [0.29, 0.717) is 24.5 Å². The van der Waals surface area contributed by atoms with E-state index in [0.717, 1.165) is 11.5 Å². The molecule has 1 fully saturated rings. The average molecular weight is 421 g/mol. The van der Waals surface area contributed by atoms with Crippen LogP contribution in [0.5, 0.6) is 5.75 Å². The van der Waals surface area contributed by atoms with Gasteiger partial charge in [-0.2, -0.15) is 16.1 Å². The number of nitrogens with zero attached hydrogens (tertiary/aromatic N) is 4. The summed E-state index contributed by atoms with van der Waals surface area (Å²) in [5.74, 6) is 2.27. The molecular formula is C18H20N4O4S2. The maximum absolute atomic E-state index is 12.8. The van der Waals surface area contributed by atoms with Crippen LogP contribution < -0.4 is 10.4 Å². The number of benzene rings is 1. The van der Waals surface area contributed by atoms with Gasteiger partial charge in [-0.3, -0.25) is 0 Å². The van der Waals surface area contributed by atoms with Crippen LogP contribution in [0.15, 0.2) is 58.4 Å². The van der Waals surface area contributed by atoms with E-state index in [1.165, 1.54) is 25.7 Å². The molecular weight excluding hydrogens is 400 g/mol. The molecule has 0 bridgehead atoms. The zero-order chi connectivity index (χ0) is 19.6. The van der Waals surface area contributed by atoms with Gasteiger partial charge in [-0.15, -0.1) is 5.10 Å². The van der Waals surface area contributed by atoms with E-state index in [1.807, 2.05) is 30.3 Å². The lowest BCUT2D eigenvalue weighted by atomic mass is 10.3. The van der Waals surface area contributed by atoms with Gasteiger partial charge in [-0.1, -0.05) is 18.2 Å². The Balaban J connectivity index is 1.55. The molecule has 0 unspecified atom stereocenters. The average Bonchev–Trinajstić information content (AvgIpc) is 3.05. The molecule has 1 aromatic carbocycles. The van der Waals surface area contributed by atoms with Crippen LogP contribution in [0.2, 0.25) is 0 Å². The molecule has 1 aliphatic heterocycles. The van der Waals surface area contributed by atoms with Gasteiger partial charge in [-0.25, -0.2) is 22.3 Å². The van der Waals surface area contributed by atoms with Crippen molar-refractivity contribution in [3.8, 4) is 5.75 Å². The van der Waals surface area contributed by atoms with Crippen LogP contribution >= 0.6 is 11.8 Å². The van der Waals surface area contributed by atoms with Crippen LogP contribution in [-0.2, 0) is 16.6 Å². The highest BCUT2D eigenvalue weighted by Gasteiger charge is 2.27. The largest absolute Gasteiger partial charge is 0.492 e. The van der Waals surface area contributed by atoms with Gasteiger partial charge in [0, 0.05) is 30.8 Å². The summed E-state index contributed by atoms with van der Waals surface area (Å²) in [5.41, 5.74) is 0.00997. The fourth-order valence-corrected chi connectivity index (χ4v) is 5.57. The second-order valence-electron chi connectivity index (χ2n) is 6.28. The summed E-state index contributed by atoms with van der Waals surface area (Å²) in [6.07, 6.45) is 1.36. The van der Waals surface area contributed by atoms with Crippen molar-refractivity contribution in [3.63, 3.8) is 0 Å². The van der Waals surface area contributed by atoms with Gasteiger partial charge in [0.25, 0.3) is 0 Å². The van der Waals surface area contributed by atoms with Crippen molar-refractivity contribution < 1.29 is 13.2 Å². The molecule has 148 valence electrons. The Morgan fingerprint density at radius 2 is 1.82 bits per heavy atom. The highest BCUT2D eigenvalue weighted by atomic mass is 32.2. The van der Waals surface area contributed by atoms with Crippen molar-refractivity contribution in [3.05, 3.63) is 59.1 Å². The number of hydrogen-bond donors (Lipinski definition) is 0. The van der Waals surface area contributed by atoms with E-state index in [2.05, 4.69) is 5.10 Å². The quantitative estimate of drug-likeness (QED) is 0.598. The highest BCUT2D eigenvalue weighted by Crippen LogP contribution is 2.20. The SMILES string of the molecule is O=c1n(CCOc2ccccc2)nc2ccc(S(=O)(=O)N3CCSCC3)cn12. The molecule has 0 N–H and O–H groups in total. The number of ether oxygens (including phenoxy) is 1. The Labute approximate surface area is 166 Å². The number of sulfonamides is 1. The summed E-state index contributed by atoms with van der Waals surface area (Å²) in [7, 11) is -3.62. The first kappa shape index (κ1) is 19.0. The van der Waals surface area contributed by atoms with Gasteiger partial charge in [0.15, 0.2) is 5.65 Å². The van der Waals surface area contributed by atoms with Crippen LogP contribution in [-0.4, -0.2) is 58.1 Å². The fourth-order valence-electron chi connectivity index (χ4n) is 3.00. The molecule has 0 spiro atoms. The van der Waals surface area contributed by atoms with Gasteiger partial charge >= 0.3 is 5.69 Å². The number of aromatic nitrogens is 3. The zero-order valence-corrected chi connectivity index (χ0v) is 16.7. The highest BCUT2D eigenvalue weighted by molar-refractivity contribution is 7.99. The summed E-state index contributed by atoms with van der Waals surface area (Å²) >= 11 is 1.74. The number of fused-ring (bicyclic) bond motifs is 1. The third kappa shape index (κ3) is 3.80. The first-order valence-electron chi connectivity index (χ1n) is 8.91. The molecule has 3 aromatic rings. The van der Waals surface area contributed by atoms with E-state index in [1.54, 1.807) is 17.8 Å². The number of hydrogen-bond acceptors (Lipinski definition) is 6. The van der Waals surface area contributed by atoms with Crippen molar-refractivity contribution in [2.24, 2.45) is 0 Å². The number of thioether (sulfide) groups is 1. The van der Waals surface area contributed by atoms with Crippen molar-refractivity contribution in [1.82, 2.24) is 18.5 Å². The molecule has 10 heteroatoms. The predicted molar refractivity (Wildman–Crippen MR) is 107 cm³/mol. The summed E-state index contributed by atoms with van der Waals surface area (Å²) in [5, 5.41) is 4.25. The Hall–Kier alpha value is -2.30. The molecule has 4 rings (SSSR count). The third-order valence-corrected chi connectivity index (χ3v) is 7.30. The standard InChI is InChI=1S/C18H20N4O4S2/c23-18-21-14-16(28(24,25)20-9-12-27-13-10-20)6-7-17(21)19-22(18)8-11-26-15-4-2-1-3-5-15/h1-7,14H,8-13H2. The van der Waals surface area contributed by atoms with Crippen LogP contribution in [0.1, 0.15) is 0 Å². The number of para-hydroxylation sites is 1. The van der Waals surface area contributed by atoms with Crippen LogP contribution in [0, 0.1) is 0 Å². The molecule has 2 aromatic heterocycles. The summed E-state index contributed by atoms with van der Waals surface area (Å²) in [6.45, 7) is 1.51. The first-order chi connectivity index (χ1) is 13.6. The van der Waals surface area contributed by atoms with E-state index < -0.39 is 15.7 Å². The Kier molecular flexibility index (Phi) is 5.42. The molecule has 1 saturated heterocycles. The molecule has 0 atom stereocenters. The Bertz CT molecular complexity index is 1120. The number of pyridine rings is 1. The molecule has 28 heavy (non-hydrogen) atoms. The Morgan fingerprint density at radius 3 is 2.57 bits per heavy atom. The van der Waals surface area contributed by atoms with Gasteiger partial charge in [0.2, 0.25) is 10.0 Å². The van der Waals surface area contributed by atoms with Crippen LogP contribution in [0.3, 0.4) is 0 Å².